The van der Waals surface area contributed by atoms with Gasteiger partial charge in [-0.05, 0) is 18.6 Å². The van der Waals surface area contributed by atoms with Gasteiger partial charge in [-0.15, -0.1) is 6.42 Å². The fourth-order valence-electron chi connectivity index (χ4n) is 0.735. The molecule has 0 unspecified atom stereocenters. The Morgan fingerprint density at radius 3 is 2.00 bits per heavy atom. The van der Waals surface area contributed by atoms with E-state index in [-0.39, 0.29) is 7.43 Å². The van der Waals surface area contributed by atoms with E-state index in [1.165, 1.54) is 5.56 Å². The summed E-state index contributed by atoms with van der Waals surface area (Å²) in [5.74, 6) is 2.60. The van der Waals surface area contributed by atoms with Gasteiger partial charge in [0, 0.05) is 5.56 Å². The monoisotopic (exact) mass is 162 g/mol. The van der Waals surface area contributed by atoms with Crippen molar-refractivity contribution in [2.45, 2.75) is 28.2 Å². The second kappa shape index (κ2) is 7.88. The third-order valence-electron chi connectivity index (χ3n) is 1.30. The Labute approximate surface area is 76.6 Å². The molecule has 0 saturated heterocycles. The summed E-state index contributed by atoms with van der Waals surface area (Å²) in [4.78, 5) is 0. The highest BCUT2D eigenvalue weighted by atomic mass is 13.9. The molecule has 1 rings (SSSR count). The second-order valence-electron chi connectivity index (χ2n) is 1.96. The summed E-state index contributed by atoms with van der Waals surface area (Å²) in [5.41, 5.74) is 2.15. The summed E-state index contributed by atoms with van der Waals surface area (Å²) in [5, 5.41) is 0. The van der Waals surface area contributed by atoms with Crippen LogP contribution in [0.1, 0.15) is 32.4 Å². The van der Waals surface area contributed by atoms with Crippen LogP contribution in [0, 0.1) is 19.3 Å². The molecule has 0 aliphatic carbocycles. The molecule has 0 radical (unpaired) electrons. The van der Waals surface area contributed by atoms with Crippen molar-refractivity contribution in [2.24, 2.45) is 0 Å². The third kappa shape index (κ3) is 3.83. The minimum absolute atomic E-state index is 0. The van der Waals surface area contributed by atoms with E-state index >= 15 is 0 Å². The molecule has 0 bridgehead atoms. The number of aryl methyl sites for hydroxylation is 1. The minimum Gasteiger partial charge on any atom is -0.115 e. The first-order valence-electron chi connectivity index (χ1n) is 3.87. The molecule has 0 amide bonds. The van der Waals surface area contributed by atoms with Gasteiger partial charge in [-0.3, -0.25) is 0 Å². The van der Waals surface area contributed by atoms with Crippen LogP contribution in [0.25, 0.3) is 0 Å². The standard InChI is InChI=1S/C9H8.C2H6.CH4/c1-3-9-7-5-4-6-8(9)2;1-2;/h1,4-7H,2H3;1-2H3;1H4. The van der Waals surface area contributed by atoms with Crippen LogP contribution >= 0.6 is 0 Å². The zero-order chi connectivity index (χ0) is 8.69. The molecule has 0 heterocycles. The maximum atomic E-state index is 5.20. The highest BCUT2D eigenvalue weighted by molar-refractivity contribution is 5.38. The lowest BCUT2D eigenvalue weighted by Crippen LogP contribution is -1.77. The Balaban J connectivity index is 0. The van der Waals surface area contributed by atoms with Crippen molar-refractivity contribution in [3.8, 4) is 12.3 Å². The molecule has 0 aromatic heterocycles. The van der Waals surface area contributed by atoms with Crippen molar-refractivity contribution < 1.29 is 0 Å². The molecule has 0 heteroatoms. The molecule has 1 aromatic rings. The first-order chi connectivity index (χ1) is 5.34. The van der Waals surface area contributed by atoms with Gasteiger partial charge in [-0.2, -0.15) is 0 Å². The molecule has 0 aliphatic rings. The molecule has 0 atom stereocenters. The SMILES string of the molecule is C.C#Cc1ccccc1C.CC. The predicted molar refractivity (Wildman–Crippen MR) is 57.2 cm³/mol. The topological polar surface area (TPSA) is 0 Å². The fourth-order valence-corrected chi connectivity index (χ4v) is 0.735. The summed E-state index contributed by atoms with van der Waals surface area (Å²) in [7, 11) is 0. The number of hydrogen-bond acceptors (Lipinski definition) is 0. The molecule has 0 nitrogen and oxygen atoms in total. The fraction of sp³-hybridized carbons (Fsp3) is 0.333. The molecule has 0 aliphatic heterocycles. The van der Waals surface area contributed by atoms with E-state index in [0.29, 0.717) is 0 Å². The summed E-state index contributed by atoms with van der Waals surface area (Å²) >= 11 is 0. The van der Waals surface area contributed by atoms with Gasteiger partial charge >= 0.3 is 0 Å². The van der Waals surface area contributed by atoms with E-state index in [9.17, 15) is 0 Å². The van der Waals surface area contributed by atoms with Crippen LogP contribution in [0.5, 0.6) is 0 Å². The quantitative estimate of drug-likeness (QED) is 0.511. The van der Waals surface area contributed by atoms with Gasteiger partial charge in [0.15, 0.2) is 0 Å². The number of hydrogen-bond donors (Lipinski definition) is 0. The lowest BCUT2D eigenvalue weighted by Gasteiger charge is -1.92. The van der Waals surface area contributed by atoms with Crippen molar-refractivity contribution >= 4 is 0 Å². The molecule has 0 N–H and O–H groups in total. The Morgan fingerprint density at radius 2 is 1.67 bits per heavy atom. The number of benzene rings is 1. The summed E-state index contributed by atoms with van der Waals surface area (Å²) in [6.07, 6.45) is 5.20. The van der Waals surface area contributed by atoms with E-state index in [2.05, 4.69) is 5.92 Å². The molecule has 66 valence electrons. The van der Waals surface area contributed by atoms with Crippen molar-refractivity contribution in [1.82, 2.24) is 0 Å². The Kier molecular flexibility index (Phi) is 8.79. The number of terminal acetylenes is 1. The number of rotatable bonds is 0. The van der Waals surface area contributed by atoms with E-state index in [1.54, 1.807) is 0 Å². The Morgan fingerprint density at radius 1 is 1.17 bits per heavy atom. The summed E-state index contributed by atoms with van der Waals surface area (Å²) in [6, 6.07) is 7.88. The molecule has 0 spiro atoms. The van der Waals surface area contributed by atoms with Gasteiger partial charge in [0.25, 0.3) is 0 Å². The first kappa shape index (κ1) is 13.4. The highest BCUT2D eigenvalue weighted by Crippen LogP contribution is 2.03. The van der Waals surface area contributed by atoms with Gasteiger partial charge in [-0.25, -0.2) is 0 Å². The van der Waals surface area contributed by atoms with Gasteiger partial charge in [-0.1, -0.05) is 45.4 Å². The maximum Gasteiger partial charge on any atom is 0.0271 e. The Bertz CT molecular complexity index is 240. The lowest BCUT2D eigenvalue weighted by molar-refractivity contribution is 1.44. The van der Waals surface area contributed by atoms with E-state index in [0.717, 1.165) is 5.56 Å². The van der Waals surface area contributed by atoms with Crippen molar-refractivity contribution in [2.75, 3.05) is 0 Å². The molecular weight excluding hydrogens is 144 g/mol. The molecule has 0 saturated carbocycles. The van der Waals surface area contributed by atoms with Crippen molar-refractivity contribution in [1.29, 1.82) is 0 Å². The predicted octanol–water partition coefficient (Wildman–Crippen LogP) is 3.64. The molecule has 0 fully saturated rings. The van der Waals surface area contributed by atoms with E-state index < -0.39 is 0 Å². The van der Waals surface area contributed by atoms with Crippen LogP contribution in [-0.4, -0.2) is 0 Å². The largest absolute Gasteiger partial charge is 0.115 e. The zero-order valence-electron chi connectivity index (χ0n) is 7.39. The summed E-state index contributed by atoms with van der Waals surface area (Å²) < 4.78 is 0. The van der Waals surface area contributed by atoms with Gasteiger partial charge < -0.3 is 0 Å². The normalized spacial score (nSPS) is 6.83. The van der Waals surface area contributed by atoms with Crippen LogP contribution in [0.4, 0.5) is 0 Å². The van der Waals surface area contributed by atoms with Crippen LogP contribution in [0.15, 0.2) is 24.3 Å². The van der Waals surface area contributed by atoms with Crippen LogP contribution in [-0.2, 0) is 0 Å². The van der Waals surface area contributed by atoms with Crippen LogP contribution in [0.2, 0.25) is 0 Å². The van der Waals surface area contributed by atoms with E-state index in [4.69, 9.17) is 6.42 Å². The molecule has 1 aromatic carbocycles. The van der Waals surface area contributed by atoms with Gasteiger partial charge in [0.2, 0.25) is 0 Å². The summed E-state index contributed by atoms with van der Waals surface area (Å²) in [6.45, 7) is 6.01. The van der Waals surface area contributed by atoms with Crippen molar-refractivity contribution in [3.63, 3.8) is 0 Å². The van der Waals surface area contributed by atoms with Crippen LogP contribution in [0.3, 0.4) is 0 Å². The zero-order valence-corrected chi connectivity index (χ0v) is 7.39. The average Bonchev–Trinajstić information content (AvgIpc) is 2.09. The minimum atomic E-state index is 0. The average molecular weight is 162 g/mol. The van der Waals surface area contributed by atoms with Gasteiger partial charge in [0.1, 0.15) is 0 Å². The first-order valence-corrected chi connectivity index (χ1v) is 3.87. The smallest absolute Gasteiger partial charge is 0.0271 e. The Hall–Kier alpha value is -1.22. The molecular formula is C12H18. The second-order valence-corrected chi connectivity index (χ2v) is 1.96. The highest BCUT2D eigenvalue weighted by Gasteiger charge is 1.87. The van der Waals surface area contributed by atoms with Crippen LogP contribution < -0.4 is 0 Å². The maximum absolute atomic E-state index is 5.20. The molecule has 12 heavy (non-hydrogen) atoms. The lowest BCUT2D eigenvalue weighted by atomic mass is 10.1. The van der Waals surface area contributed by atoms with Gasteiger partial charge in [0.05, 0.1) is 0 Å². The van der Waals surface area contributed by atoms with Crippen molar-refractivity contribution in [3.05, 3.63) is 35.4 Å². The van der Waals surface area contributed by atoms with E-state index in [1.807, 2.05) is 45.0 Å². The third-order valence-corrected chi connectivity index (χ3v) is 1.30.